The van der Waals surface area contributed by atoms with Gasteiger partial charge in [0, 0.05) is 17.4 Å². The number of amides is 1. The van der Waals surface area contributed by atoms with Crippen LogP contribution in [0.3, 0.4) is 0 Å². The molecule has 0 aromatic heterocycles. The molecule has 0 saturated carbocycles. The van der Waals surface area contributed by atoms with Crippen molar-refractivity contribution in [2.45, 2.75) is 23.5 Å². The molecule has 1 aromatic rings. The Morgan fingerprint density at radius 2 is 2.21 bits per heavy atom. The number of hydrogen-bond donors (Lipinski definition) is 1. The molecule has 1 amide bonds. The van der Waals surface area contributed by atoms with Crippen LogP contribution in [-0.2, 0) is 10.5 Å². The fraction of sp³-hybridized carbons (Fsp3) is 0.364. The first-order valence-corrected chi connectivity index (χ1v) is 5.88. The van der Waals surface area contributed by atoms with E-state index in [2.05, 4.69) is 29.6 Å². The molecule has 3 heteroatoms. The first kappa shape index (κ1) is 8.36. The van der Waals surface area contributed by atoms with Gasteiger partial charge in [0.1, 0.15) is 0 Å². The van der Waals surface area contributed by atoms with Crippen LogP contribution in [-0.4, -0.2) is 11.2 Å². The number of fused-ring (bicyclic) bond motifs is 3. The molecule has 1 fully saturated rings. The number of carbonyl (C=O) groups excluding carboxylic acids is 1. The molecule has 0 aliphatic carbocycles. The van der Waals surface area contributed by atoms with Gasteiger partial charge >= 0.3 is 0 Å². The largest absolute Gasteiger partial charge is 0.348 e. The van der Waals surface area contributed by atoms with Crippen molar-refractivity contribution in [2.75, 3.05) is 0 Å². The highest BCUT2D eigenvalue weighted by Gasteiger charge is 2.37. The smallest absolute Gasteiger partial charge is 0.221 e. The number of nitrogens with one attached hydrogen (secondary N) is 1. The van der Waals surface area contributed by atoms with E-state index in [1.54, 1.807) is 0 Å². The van der Waals surface area contributed by atoms with E-state index >= 15 is 0 Å². The molecular formula is C11H11NOS. The SMILES string of the molecule is O=C1C[C@@H]2SCc3ccccc3[C@@H]2N1. The number of hydrogen-bond acceptors (Lipinski definition) is 2. The third kappa shape index (κ3) is 1.16. The van der Waals surface area contributed by atoms with Gasteiger partial charge in [0.05, 0.1) is 6.04 Å². The lowest BCUT2D eigenvalue weighted by Crippen LogP contribution is -2.25. The van der Waals surface area contributed by atoms with Gasteiger partial charge in [0.25, 0.3) is 0 Å². The minimum Gasteiger partial charge on any atom is -0.348 e. The van der Waals surface area contributed by atoms with E-state index in [0.29, 0.717) is 11.7 Å². The highest BCUT2D eigenvalue weighted by atomic mass is 32.2. The third-order valence-electron chi connectivity index (χ3n) is 2.92. The molecule has 1 saturated heterocycles. The molecule has 0 spiro atoms. The summed E-state index contributed by atoms with van der Waals surface area (Å²) in [5.74, 6) is 1.25. The predicted molar refractivity (Wildman–Crippen MR) is 57.0 cm³/mol. The molecule has 0 bridgehead atoms. The molecule has 0 radical (unpaired) electrons. The van der Waals surface area contributed by atoms with Crippen LogP contribution in [0.2, 0.25) is 0 Å². The van der Waals surface area contributed by atoms with Crippen molar-refractivity contribution < 1.29 is 4.79 Å². The van der Waals surface area contributed by atoms with Crippen molar-refractivity contribution in [1.29, 1.82) is 0 Å². The maximum Gasteiger partial charge on any atom is 0.221 e. The standard InChI is InChI=1S/C11H11NOS/c13-10-5-9-11(12-10)8-4-2-1-3-7(8)6-14-9/h1-4,9,11H,5-6H2,(H,12,13)/t9-,11-/m0/s1. The van der Waals surface area contributed by atoms with E-state index in [1.807, 2.05) is 11.8 Å². The number of benzene rings is 1. The highest BCUT2D eigenvalue weighted by molar-refractivity contribution is 7.99. The zero-order valence-corrected chi connectivity index (χ0v) is 8.51. The van der Waals surface area contributed by atoms with E-state index in [1.165, 1.54) is 11.1 Å². The summed E-state index contributed by atoms with van der Waals surface area (Å²) in [6.45, 7) is 0. The van der Waals surface area contributed by atoms with E-state index in [9.17, 15) is 4.79 Å². The van der Waals surface area contributed by atoms with Gasteiger partial charge in [0.2, 0.25) is 5.91 Å². The Labute approximate surface area is 87.1 Å². The average Bonchev–Trinajstić information content (AvgIpc) is 2.59. The highest BCUT2D eigenvalue weighted by Crippen LogP contribution is 2.41. The van der Waals surface area contributed by atoms with Gasteiger partial charge in [-0.15, -0.1) is 0 Å². The molecule has 0 unspecified atom stereocenters. The van der Waals surface area contributed by atoms with Crippen LogP contribution in [0.5, 0.6) is 0 Å². The van der Waals surface area contributed by atoms with Crippen molar-refractivity contribution in [3.05, 3.63) is 35.4 Å². The Hall–Kier alpha value is -0.960. The van der Waals surface area contributed by atoms with Crippen LogP contribution in [0.1, 0.15) is 23.6 Å². The second-order valence-electron chi connectivity index (χ2n) is 3.80. The molecule has 14 heavy (non-hydrogen) atoms. The first-order valence-electron chi connectivity index (χ1n) is 4.83. The minimum atomic E-state index is 0.198. The van der Waals surface area contributed by atoms with Gasteiger partial charge < -0.3 is 5.32 Å². The molecule has 2 nitrogen and oxygen atoms in total. The molecule has 3 rings (SSSR count). The molecule has 2 heterocycles. The van der Waals surface area contributed by atoms with Gasteiger partial charge in [-0.3, -0.25) is 4.79 Å². The summed E-state index contributed by atoms with van der Waals surface area (Å²) in [6, 6.07) is 8.67. The predicted octanol–water partition coefficient (Wildman–Crippen LogP) is 1.86. The molecule has 72 valence electrons. The third-order valence-corrected chi connectivity index (χ3v) is 4.26. The number of rotatable bonds is 0. The molecule has 2 aliphatic rings. The van der Waals surface area contributed by atoms with Crippen molar-refractivity contribution in [3.8, 4) is 0 Å². The summed E-state index contributed by atoms with van der Waals surface area (Å²) in [5, 5.41) is 3.51. The molecular weight excluding hydrogens is 194 g/mol. The summed E-state index contributed by atoms with van der Waals surface area (Å²) < 4.78 is 0. The number of carbonyl (C=O) groups is 1. The Morgan fingerprint density at radius 3 is 3.14 bits per heavy atom. The first-order chi connectivity index (χ1) is 6.84. The van der Waals surface area contributed by atoms with E-state index in [0.717, 1.165) is 5.75 Å². The Bertz CT molecular complexity index is 391. The average molecular weight is 205 g/mol. The van der Waals surface area contributed by atoms with Crippen LogP contribution in [0.4, 0.5) is 0 Å². The quantitative estimate of drug-likeness (QED) is 0.700. The summed E-state index contributed by atoms with van der Waals surface area (Å²) in [5.41, 5.74) is 2.70. The van der Waals surface area contributed by atoms with Gasteiger partial charge in [-0.1, -0.05) is 24.3 Å². The Kier molecular flexibility index (Phi) is 1.80. The van der Waals surface area contributed by atoms with E-state index in [-0.39, 0.29) is 11.9 Å². The Morgan fingerprint density at radius 1 is 1.36 bits per heavy atom. The summed E-state index contributed by atoms with van der Waals surface area (Å²) >= 11 is 1.90. The van der Waals surface area contributed by atoms with Crippen LogP contribution in [0.15, 0.2) is 24.3 Å². The van der Waals surface area contributed by atoms with Crippen LogP contribution < -0.4 is 5.32 Å². The van der Waals surface area contributed by atoms with Crippen molar-refractivity contribution in [1.82, 2.24) is 5.32 Å². The van der Waals surface area contributed by atoms with Crippen LogP contribution in [0.25, 0.3) is 0 Å². The van der Waals surface area contributed by atoms with Gasteiger partial charge in [-0.05, 0) is 11.1 Å². The summed E-state index contributed by atoms with van der Waals surface area (Å²) in [7, 11) is 0. The molecule has 2 aliphatic heterocycles. The van der Waals surface area contributed by atoms with Crippen molar-refractivity contribution >= 4 is 17.7 Å². The zero-order valence-electron chi connectivity index (χ0n) is 7.69. The second-order valence-corrected chi connectivity index (χ2v) is 5.03. The zero-order chi connectivity index (χ0) is 9.54. The van der Waals surface area contributed by atoms with Crippen molar-refractivity contribution in [3.63, 3.8) is 0 Å². The normalized spacial score (nSPS) is 29.3. The molecule has 1 N–H and O–H groups in total. The second kappa shape index (κ2) is 3.02. The minimum absolute atomic E-state index is 0.198. The van der Waals surface area contributed by atoms with E-state index in [4.69, 9.17) is 0 Å². The maximum atomic E-state index is 11.3. The lowest BCUT2D eigenvalue weighted by atomic mass is 9.99. The van der Waals surface area contributed by atoms with Crippen molar-refractivity contribution in [2.24, 2.45) is 0 Å². The molecule has 1 aromatic carbocycles. The topological polar surface area (TPSA) is 29.1 Å². The monoisotopic (exact) mass is 205 g/mol. The van der Waals surface area contributed by atoms with Gasteiger partial charge in [0.15, 0.2) is 0 Å². The lowest BCUT2D eigenvalue weighted by molar-refractivity contribution is -0.119. The van der Waals surface area contributed by atoms with Gasteiger partial charge in [-0.25, -0.2) is 0 Å². The Balaban J connectivity index is 2.05. The van der Waals surface area contributed by atoms with Crippen LogP contribution in [0, 0.1) is 0 Å². The number of thioether (sulfide) groups is 1. The maximum absolute atomic E-state index is 11.3. The summed E-state index contributed by atoms with van der Waals surface area (Å²) in [6.07, 6.45) is 0.684. The van der Waals surface area contributed by atoms with Gasteiger partial charge in [-0.2, -0.15) is 11.8 Å². The fourth-order valence-electron chi connectivity index (χ4n) is 2.22. The van der Waals surface area contributed by atoms with Crippen LogP contribution >= 0.6 is 11.8 Å². The lowest BCUT2D eigenvalue weighted by Gasteiger charge is -2.26. The van der Waals surface area contributed by atoms with E-state index < -0.39 is 0 Å². The molecule has 2 atom stereocenters. The summed E-state index contributed by atoms with van der Waals surface area (Å²) in [4.78, 5) is 11.3. The fourth-order valence-corrected chi connectivity index (χ4v) is 3.56.